The highest BCUT2D eigenvalue weighted by molar-refractivity contribution is 7.33. The molecule has 0 bridgehead atoms. The molecule has 0 radical (unpaired) electrons. The first kappa shape index (κ1) is 5.16. The zero-order chi connectivity index (χ0) is 5.28. The van der Waals surface area contributed by atoms with Crippen LogP contribution in [0.3, 0.4) is 0 Å². The second-order valence-electron chi connectivity index (χ2n) is 1.44. The van der Waals surface area contributed by atoms with Crippen LogP contribution in [0.4, 0.5) is 0 Å². The van der Waals surface area contributed by atoms with Crippen LogP contribution in [0.25, 0.3) is 0 Å². The molecule has 4 heteroatoms. The molecule has 0 spiro atoms. The van der Waals surface area contributed by atoms with Gasteiger partial charge in [-0.1, -0.05) is 0 Å². The van der Waals surface area contributed by atoms with Crippen molar-refractivity contribution in [2.24, 2.45) is 0 Å². The van der Waals surface area contributed by atoms with Gasteiger partial charge in [0.1, 0.15) is 12.7 Å². The van der Waals surface area contributed by atoms with E-state index in [1.165, 1.54) is 0 Å². The lowest BCUT2D eigenvalue weighted by molar-refractivity contribution is 0.260. The van der Waals surface area contributed by atoms with Gasteiger partial charge < -0.3 is 0 Å². The summed E-state index contributed by atoms with van der Waals surface area (Å²) < 4.78 is 19.4. The van der Waals surface area contributed by atoms with Gasteiger partial charge in [0.15, 0.2) is 0 Å². The average molecular weight is 121 g/mol. The highest BCUT2D eigenvalue weighted by Crippen LogP contribution is 2.32. The SMILES string of the molecule is C[C@@H]1CO[P+](=O)O1. The van der Waals surface area contributed by atoms with Crippen LogP contribution >= 0.6 is 8.25 Å². The Morgan fingerprint density at radius 1 is 1.86 bits per heavy atom. The second kappa shape index (κ2) is 1.86. The minimum absolute atomic E-state index is 0.0172. The summed E-state index contributed by atoms with van der Waals surface area (Å²) in [6.07, 6.45) is 0.0172. The summed E-state index contributed by atoms with van der Waals surface area (Å²) in [4.78, 5) is 0. The molecule has 40 valence electrons. The minimum atomic E-state index is -1.75. The van der Waals surface area contributed by atoms with E-state index in [0.29, 0.717) is 6.61 Å². The zero-order valence-corrected chi connectivity index (χ0v) is 4.85. The molecule has 0 saturated carbocycles. The molecule has 1 heterocycles. The minimum Gasteiger partial charge on any atom is -0.116 e. The van der Waals surface area contributed by atoms with Gasteiger partial charge >= 0.3 is 8.25 Å². The van der Waals surface area contributed by atoms with E-state index < -0.39 is 8.25 Å². The van der Waals surface area contributed by atoms with Crippen LogP contribution in [0.15, 0.2) is 0 Å². The summed E-state index contributed by atoms with van der Waals surface area (Å²) in [6, 6.07) is 0. The van der Waals surface area contributed by atoms with Gasteiger partial charge in [0.25, 0.3) is 0 Å². The summed E-state index contributed by atoms with van der Waals surface area (Å²) >= 11 is 0. The fraction of sp³-hybridized carbons (Fsp3) is 1.00. The molecule has 1 aliphatic heterocycles. The van der Waals surface area contributed by atoms with Crippen molar-refractivity contribution in [2.75, 3.05) is 6.61 Å². The van der Waals surface area contributed by atoms with E-state index in [1.54, 1.807) is 0 Å². The van der Waals surface area contributed by atoms with E-state index in [0.717, 1.165) is 0 Å². The van der Waals surface area contributed by atoms with Crippen molar-refractivity contribution < 1.29 is 13.6 Å². The first-order valence-corrected chi connectivity index (χ1v) is 3.15. The monoisotopic (exact) mass is 121 g/mol. The van der Waals surface area contributed by atoms with E-state index in [9.17, 15) is 4.57 Å². The molecule has 1 rings (SSSR count). The first-order chi connectivity index (χ1) is 3.29. The van der Waals surface area contributed by atoms with Crippen molar-refractivity contribution in [1.82, 2.24) is 0 Å². The van der Waals surface area contributed by atoms with Crippen LogP contribution < -0.4 is 0 Å². The fourth-order valence-electron chi connectivity index (χ4n) is 0.374. The van der Waals surface area contributed by atoms with Crippen molar-refractivity contribution in [3.8, 4) is 0 Å². The average Bonchev–Trinajstić information content (AvgIpc) is 1.87. The van der Waals surface area contributed by atoms with Gasteiger partial charge in [-0.3, -0.25) is 0 Å². The van der Waals surface area contributed by atoms with Crippen molar-refractivity contribution in [2.45, 2.75) is 13.0 Å². The van der Waals surface area contributed by atoms with Crippen LogP contribution in [0.1, 0.15) is 6.92 Å². The molecule has 1 fully saturated rings. The van der Waals surface area contributed by atoms with Gasteiger partial charge in [0, 0.05) is 4.57 Å². The van der Waals surface area contributed by atoms with Gasteiger partial charge in [-0.25, -0.2) is 0 Å². The molecule has 7 heavy (non-hydrogen) atoms. The molecule has 3 nitrogen and oxygen atoms in total. The van der Waals surface area contributed by atoms with E-state index >= 15 is 0 Å². The summed E-state index contributed by atoms with van der Waals surface area (Å²) in [5.74, 6) is 0. The van der Waals surface area contributed by atoms with Gasteiger partial charge in [-0.2, -0.15) is 0 Å². The maximum atomic E-state index is 10.2. The first-order valence-electron chi connectivity index (χ1n) is 2.06. The Hall–Kier alpha value is 0.0200. The second-order valence-corrected chi connectivity index (χ2v) is 2.35. The van der Waals surface area contributed by atoms with E-state index in [2.05, 4.69) is 9.05 Å². The third-order valence-corrected chi connectivity index (χ3v) is 1.57. The fourth-order valence-corrected chi connectivity index (χ4v) is 1.12. The van der Waals surface area contributed by atoms with Crippen molar-refractivity contribution in [1.29, 1.82) is 0 Å². The quantitative estimate of drug-likeness (QED) is 0.450. The van der Waals surface area contributed by atoms with Crippen molar-refractivity contribution in [3.63, 3.8) is 0 Å². The van der Waals surface area contributed by atoms with Crippen LogP contribution in [0.5, 0.6) is 0 Å². The van der Waals surface area contributed by atoms with Gasteiger partial charge in [0.05, 0.1) is 0 Å². The predicted octanol–water partition coefficient (Wildman–Crippen LogP) is 1.08. The Morgan fingerprint density at radius 2 is 2.57 bits per heavy atom. The topological polar surface area (TPSA) is 35.5 Å². The van der Waals surface area contributed by atoms with E-state index in [-0.39, 0.29) is 6.10 Å². The van der Waals surface area contributed by atoms with Crippen molar-refractivity contribution >= 4 is 8.25 Å². The van der Waals surface area contributed by atoms with E-state index in [1.807, 2.05) is 6.92 Å². The van der Waals surface area contributed by atoms with Crippen molar-refractivity contribution in [3.05, 3.63) is 0 Å². The number of rotatable bonds is 0. The maximum absolute atomic E-state index is 10.2. The zero-order valence-electron chi connectivity index (χ0n) is 3.96. The molecule has 2 atom stereocenters. The van der Waals surface area contributed by atoms with Crippen LogP contribution in [-0.4, -0.2) is 12.7 Å². The molecule has 0 N–H and O–H groups in total. The summed E-state index contributed by atoms with van der Waals surface area (Å²) in [7, 11) is -1.75. The molecule has 0 aromatic heterocycles. The smallest absolute Gasteiger partial charge is 0.116 e. The molecule has 0 amide bonds. The van der Waals surface area contributed by atoms with E-state index in [4.69, 9.17) is 0 Å². The number of hydrogen-bond acceptors (Lipinski definition) is 3. The van der Waals surface area contributed by atoms with Crippen LogP contribution in [0, 0.1) is 0 Å². The molecule has 1 aliphatic rings. The van der Waals surface area contributed by atoms with Crippen LogP contribution in [-0.2, 0) is 13.6 Å². The third-order valence-electron chi connectivity index (χ3n) is 0.681. The highest BCUT2D eigenvalue weighted by Gasteiger charge is 2.34. The lowest BCUT2D eigenvalue weighted by Crippen LogP contribution is -1.99. The Morgan fingerprint density at radius 3 is 2.71 bits per heavy atom. The Bertz CT molecular complexity index is 92.2. The maximum Gasteiger partial charge on any atom is 0.697 e. The molecule has 0 aliphatic carbocycles. The molecule has 0 aromatic rings. The standard InChI is InChI=1S/C3H6O3P/c1-3-2-5-7(4)6-3/h3H,2H2,1H3/q+1/t3-/m1/s1. The molecule has 1 unspecified atom stereocenters. The summed E-state index contributed by atoms with van der Waals surface area (Å²) in [5, 5.41) is 0. The Kier molecular flexibility index (Phi) is 1.38. The Labute approximate surface area is 42.6 Å². The Balaban J connectivity index is 2.40. The largest absolute Gasteiger partial charge is 0.697 e. The lowest BCUT2D eigenvalue weighted by Gasteiger charge is -1.80. The summed E-state index contributed by atoms with van der Waals surface area (Å²) in [6.45, 7) is 2.29. The third kappa shape index (κ3) is 1.20. The molecular weight excluding hydrogens is 115 g/mol. The van der Waals surface area contributed by atoms with Gasteiger partial charge in [-0.05, 0) is 6.92 Å². The summed E-state index contributed by atoms with van der Waals surface area (Å²) in [5.41, 5.74) is 0. The predicted molar refractivity (Wildman–Crippen MR) is 24.1 cm³/mol. The van der Waals surface area contributed by atoms with Crippen LogP contribution in [0.2, 0.25) is 0 Å². The van der Waals surface area contributed by atoms with Gasteiger partial charge in [0.2, 0.25) is 0 Å². The molecule has 0 aromatic carbocycles. The molecule has 1 saturated heterocycles. The lowest BCUT2D eigenvalue weighted by atomic mass is 10.5. The number of hydrogen-bond donors (Lipinski definition) is 0. The van der Waals surface area contributed by atoms with Gasteiger partial charge in [-0.15, -0.1) is 9.05 Å². The highest BCUT2D eigenvalue weighted by atomic mass is 31.1. The molecular formula is C3H6O3P+. The normalized spacial score (nSPS) is 36.7.